The van der Waals surface area contributed by atoms with Gasteiger partial charge in [-0.25, -0.2) is 0 Å². The Labute approximate surface area is 104 Å². The molecule has 2 fully saturated rings. The molecule has 98 valence electrons. The maximum atomic E-state index is 11.8. The first-order chi connectivity index (χ1) is 8.31. The van der Waals surface area contributed by atoms with E-state index >= 15 is 0 Å². The molecular formula is C13H24N2O2. The average Bonchev–Trinajstić information content (AvgIpc) is 3.02. The summed E-state index contributed by atoms with van der Waals surface area (Å²) in [5.41, 5.74) is 0. The van der Waals surface area contributed by atoms with Crippen LogP contribution in [0.15, 0.2) is 0 Å². The van der Waals surface area contributed by atoms with Crippen LogP contribution in [0.1, 0.15) is 32.1 Å². The summed E-state index contributed by atoms with van der Waals surface area (Å²) >= 11 is 0. The van der Waals surface area contributed by atoms with Gasteiger partial charge in [-0.1, -0.05) is 0 Å². The van der Waals surface area contributed by atoms with Gasteiger partial charge in [0.05, 0.1) is 6.61 Å². The van der Waals surface area contributed by atoms with Crippen LogP contribution in [0.3, 0.4) is 0 Å². The summed E-state index contributed by atoms with van der Waals surface area (Å²) in [7, 11) is 1.74. The first kappa shape index (κ1) is 12.8. The molecule has 1 amide bonds. The van der Waals surface area contributed by atoms with Crippen molar-refractivity contribution < 1.29 is 9.53 Å². The molecule has 2 aliphatic rings. The monoisotopic (exact) mass is 240 g/mol. The Balaban J connectivity index is 1.61. The van der Waals surface area contributed by atoms with Crippen LogP contribution < -0.4 is 5.32 Å². The van der Waals surface area contributed by atoms with Crippen LogP contribution in [0, 0.1) is 5.92 Å². The maximum Gasteiger partial charge on any atom is 0.223 e. The number of methoxy groups -OCH3 is 1. The van der Waals surface area contributed by atoms with E-state index in [1.165, 1.54) is 25.7 Å². The SMILES string of the molecule is COCC(NCCC(=O)N1CCCC1)C1CC1. The number of rotatable bonds is 7. The smallest absolute Gasteiger partial charge is 0.223 e. The predicted octanol–water partition coefficient (Wildman–Crippen LogP) is 1.01. The van der Waals surface area contributed by atoms with Gasteiger partial charge in [0.2, 0.25) is 5.91 Å². The third-order valence-corrected chi connectivity index (χ3v) is 3.74. The minimum Gasteiger partial charge on any atom is -0.383 e. The molecule has 4 nitrogen and oxygen atoms in total. The first-order valence-corrected chi connectivity index (χ1v) is 6.81. The number of hydrogen-bond acceptors (Lipinski definition) is 3. The fourth-order valence-corrected chi connectivity index (χ4v) is 2.53. The quantitative estimate of drug-likeness (QED) is 0.722. The summed E-state index contributed by atoms with van der Waals surface area (Å²) in [6, 6.07) is 0.450. The van der Waals surface area contributed by atoms with E-state index < -0.39 is 0 Å². The van der Waals surface area contributed by atoms with Gasteiger partial charge in [-0.05, 0) is 31.6 Å². The number of amides is 1. The number of carbonyl (C=O) groups is 1. The van der Waals surface area contributed by atoms with Crippen molar-refractivity contribution in [1.82, 2.24) is 10.2 Å². The largest absolute Gasteiger partial charge is 0.383 e. The highest BCUT2D eigenvalue weighted by Crippen LogP contribution is 2.32. The fourth-order valence-electron chi connectivity index (χ4n) is 2.53. The van der Waals surface area contributed by atoms with Gasteiger partial charge < -0.3 is 15.0 Å². The highest BCUT2D eigenvalue weighted by Gasteiger charge is 2.30. The number of nitrogens with zero attached hydrogens (tertiary/aromatic N) is 1. The van der Waals surface area contributed by atoms with Gasteiger partial charge in [0, 0.05) is 39.2 Å². The van der Waals surface area contributed by atoms with E-state index in [0.29, 0.717) is 18.4 Å². The van der Waals surface area contributed by atoms with Gasteiger partial charge in [0.15, 0.2) is 0 Å². The van der Waals surface area contributed by atoms with Crippen LogP contribution in [-0.2, 0) is 9.53 Å². The van der Waals surface area contributed by atoms with Gasteiger partial charge >= 0.3 is 0 Å². The van der Waals surface area contributed by atoms with Crippen molar-refractivity contribution in [2.45, 2.75) is 38.1 Å². The van der Waals surface area contributed by atoms with Crippen molar-refractivity contribution in [1.29, 1.82) is 0 Å². The second-order valence-corrected chi connectivity index (χ2v) is 5.19. The van der Waals surface area contributed by atoms with E-state index in [0.717, 1.165) is 32.2 Å². The molecule has 1 atom stereocenters. The molecule has 1 N–H and O–H groups in total. The molecule has 1 aliphatic carbocycles. The lowest BCUT2D eigenvalue weighted by Gasteiger charge is -2.19. The van der Waals surface area contributed by atoms with E-state index in [2.05, 4.69) is 5.32 Å². The molecule has 1 unspecified atom stereocenters. The van der Waals surface area contributed by atoms with Crippen LogP contribution in [-0.4, -0.2) is 50.2 Å². The molecule has 0 bridgehead atoms. The lowest BCUT2D eigenvalue weighted by molar-refractivity contribution is -0.130. The Bertz CT molecular complexity index is 248. The minimum absolute atomic E-state index is 0.307. The number of hydrogen-bond donors (Lipinski definition) is 1. The van der Waals surface area contributed by atoms with Crippen LogP contribution in [0.4, 0.5) is 0 Å². The molecule has 0 aromatic heterocycles. The molecule has 1 heterocycles. The Morgan fingerprint density at radius 1 is 1.41 bits per heavy atom. The zero-order valence-corrected chi connectivity index (χ0v) is 10.8. The molecule has 1 saturated heterocycles. The van der Waals surface area contributed by atoms with E-state index in [1.807, 2.05) is 4.90 Å². The topological polar surface area (TPSA) is 41.6 Å². The minimum atomic E-state index is 0.307. The molecule has 0 aromatic rings. The highest BCUT2D eigenvalue weighted by atomic mass is 16.5. The molecule has 2 rings (SSSR count). The Hall–Kier alpha value is -0.610. The van der Waals surface area contributed by atoms with Crippen LogP contribution in [0.2, 0.25) is 0 Å². The number of carbonyl (C=O) groups excluding carboxylic acids is 1. The van der Waals surface area contributed by atoms with Crippen LogP contribution in [0.25, 0.3) is 0 Å². The van der Waals surface area contributed by atoms with Gasteiger partial charge in [0.1, 0.15) is 0 Å². The van der Waals surface area contributed by atoms with Crippen molar-refractivity contribution in [3.05, 3.63) is 0 Å². The van der Waals surface area contributed by atoms with Crippen LogP contribution in [0.5, 0.6) is 0 Å². The molecule has 0 radical (unpaired) electrons. The Kier molecular flexibility index (Phi) is 4.80. The Morgan fingerprint density at radius 3 is 2.71 bits per heavy atom. The standard InChI is InChI=1S/C13H24N2O2/c1-17-10-12(11-4-5-11)14-7-6-13(16)15-8-2-3-9-15/h11-12,14H,2-10H2,1H3. The summed E-state index contributed by atoms with van der Waals surface area (Å²) in [4.78, 5) is 13.8. The normalized spacial score (nSPS) is 21.8. The average molecular weight is 240 g/mol. The summed E-state index contributed by atoms with van der Waals surface area (Å²) in [6.45, 7) is 3.48. The van der Waals surface area contributed by atoms with Gasteiger partial charge in [-0.2, -0.15) is 0 Å². The van der Waals surface area contributed by atoms with Crippen molar-refractivity contribution in [2.75, 3.05) is 33.4 Å². The molecule has 0 spiro atoms. The second-order valence-electron chi connectivity index (χ2n) is 5.19. The van der Waals surface area contributed by atoms with Crippen molar-refractivity contribution in [3.63, 3.8) is 0 Å². The summed E-state index contributed by atoms with van der Waals surface area (Å²) in [5, 5.41) is 3.46. The van der Waals surface area contributed by atoms with E-state index in [1.54, 1.807) is 7.11 Å². The van der Waals surface area contributed by atoms with E-state index in [4.69, 9.17) is 4.74 Å². The van der Waals surface area contributed by atoms with Crippen LogP contribution >= 0.6 is 0 Å². The Morgan fingerprint density at radius 2 is 2.12 bits per heavy atom. The summed E-state index contributed by atoms with van der Waals surface area (Å²) in [5.74, 6) is 1.08. The molecule has 1 saturated carbocycles. The van der Waals surface area contributed by atoms with Gasteiger partial charge in [0.25, 0.3) is 0 Å². The van der Waals surface area contributed by atoms with Gasteiger partial charge in [-0.3, -0.25) is 4.79 Å². The fraction of sp³-hybridized carbons (Fsp3) is 0.923. The van der Waals surface area contributed by atoms with Crippen molar-refractivity contribution in [3.8, 4) is 0 Å². The summed E-state index contributed by atoms with van der Waals surface area (Å²) in [6.07, 6.45) is 5.59. The van der Waals surface area contributed by atoms with E-state index in [-0.39, 0.29) is 0 Å². The second kappa shape index (κ2) is 6.36. The summed E-state index contributed by atoms with van der Waals surface area (Å²) < 4.78 is 5.20. The molecule has 17 heavy (non-hydrogen) atoms. The zero-order valence-electron chi connectivity index (χ0n) is 10.8. The predicted molar refractivity (Wildman–Crippen MR) is 66.8 cm³/mol. The third kappa shape index (κ3) is 3.96. The lowest BCUT2D eigenvalue weighted by atomic mass is 10.2. The molecule has 1 aliphatic heterocycles. The number of likely N-dealkylation sites (tertiary alicyclic amines) is 1. The van der Waals surface area contributed by atoms with E-state index in [9.17, 15) is 4.79 Å². The first-order valence-electron chi connectivity index (χ1n) is 6.81. The molecule has 4 heteroatoms. The third-order valence-electron chi connectivity index (χ3n) is 3.74. The zero-order chi connectivity index (χ0) is 12.1. The molecular weight excluding hydrogens is 216 g/mol. The number of nitrogens with one attached hydrogen (secondary N) is 1. The van der Waals surface area contributed by atoms with Gasteiger partial charge in [-0.15, -0.1) is 0 Å². The van der Waals surface area contributed by atoms with Crippen molar-refractivity contribution >= 4 is 5.91 Å². The number of ether oxygens (including phenoxy) is 1. The highest BCUT2D eigenvalue weighted by molar-refractivity contribution is 5.76. The molecule has 0 aromatic carbocycles. The van der Waals surface area contributed by atoms with Crippen molar-refractivity contribution in [2.24, 2.45) is 5.92 Å². The lowest BCUT2D eigenvalue weighted by Crippen LogP contribution is -2.38. The maximum absolute atomic E-state index is 11.8.